The van der Waals surface area contributed by atoms with Gasteiger partial charge in [-0.15, -0.1) is 0 Å². The van der Waals surface area contributed by atoms with Crippen LogP contribution in [0.2, 0.25) is 0 Å². The number of rotatable bonds is 1. The number of aromatic nitrogens is 1. The molecule has 2 nitrogen and oxygen atoms in total. The lowest BCUT2D eigenvalue weighted by atomic mass is 9.88. The molecule has 1 aromatic carbocycles. The lowest BCUT2D eigenvalue weighted by molar-refractivity contribution is -0.137. The fourth-order valence-electron chi connectivity index (χ4n) is 4.55. The fourth-order valence-corrected chi connectivity index (χ4v) is 4.55. The topological polar surface area (TPSA) is 24.9 Å². The first-order valence-corrected chi connectivity index (χ1v) is 10.1. The number of hydrogen-bond donors (Lipinski definition) is 1. The molecule has 5 rings (SSSR count). The fraction of sp³-hybridized carbons (Fsp3) is 0.435. The third-order valence-corrected chi connectivity index (χ3v) is 6.20. The third-order valence-electron chi connectivity index (χ3n) is 6.20. The molecular weight excluding hydrogens is 361 g/mol. The van der Waals surface area contributed by atoms with Crippen LogP contribution < -0.4 is 5.32 Å². The van der Waals surface area contributed by atoms with Gasteiger partial charge < -0.3 is 5.32 Å². The van der Waals surface area contributed by atoms with Crippen molar-refractivity contribution in [2.75, 3.05) is 13.1 Å². The normalized spacial score (nSPS) is 19.8. The Hall–Kier alpha value is -2.14. The van der Waals surface area contributed by atoms with E-state index in [1.54, 1.807) is 0 Å². The van der Waals surface area contributed by atoms with Gasteiger partial charge in [-0.1, -0.05) is 23.8 Å². The molecule has 2 aromatic rings. The Labute approximate surface area is 162 Å². The van der Waals surface area contributed by atoms with Crippen molar-refractivity contribution in [3.8, 4) is 0 Å². The number of nitrogens with one attached hydrogen (secondary N) is 1. The van der Waals surface area contributed by atoms with E-state index in [-0.39, 0.29) is 0 Å². The Morgan fingerprint density at radius 1 is 0.929 bits per heavy atom. The summed E-state index contributed by atoms with van der Waals surface area (Å²) in [6, 6.07) is 8.03. The molecule has 146 valence electrons. The molecule has 1 saturated heterocycles. The summed E-state index contributed by atoms with van der Waals surface area (Å²) in [5.41, 5.74) is 7.04. The van der Waals surface area contributed by atoms with Gasteiger partial charge in [0.25, 0.3) is 0 Å². The number of halogens is 3. The number of benzene rings is 1. The zero-order valence-corrected chi connectivity index (χ0v) is 15.7. The minimum absolute atomic E-state index is 0.600. The summed E-state index contributed by atoms with van der Waals surface area (Å²) in [4.78, 5) is 4.37. The number of aryl methyl sites for hydroxylation is 2. The molecule has 1 aliphatic heterocycles. The zero-order valence-electron chi connectivity index (χ0n) is 15.7. The van der Waals surface area contributed by atoms with Crippen molar-refractivity contribution in [1.82, 2.24) is 10.3 Å². The van der Waals surface area contributed by atoms with Gasteiger partial charge in [-0.2, -0.15) is 13.2 Å². The highest BCUT2D eigenvalue weighted by Crippen LogP contribution is 2.44. The number of piperidine rings is 1. The van der Waals surface area contributed by atoms with Crippen LogP contribution in [0, 0.1) is 0 Å². The van der Waals surface area contributed by atoms with Crippen LogP contribution in [-0.2, 0) is 19.0 Å². The maximum atomic E-state index is 13.3. The monoisotopic (exact) mass is 384 g/mol. The summed E-state index contributed by atoms with van der Waals surface area (Å²) in [7, 11) is 0. The Balaban J connectivity index is 1.68. The van der Waals surface area contributed by atoms with Crippen molar-refractivity contribution in [1.29, 1.82) is 0 Å². The Morgan fingerprint density at radius 3 is 2.39 bits per heavy atom. The molecule has 1 N–H and O–H groups in total. The molecule has 5 heteroatoms. The van der Waals surface area contributed by atoms with Crippen LogP contribution in [0.25, 0.3) is 5.57 Å². The van der Waals surface area contributed by atoms with Crippen molar-refractivity contribution < 1.29 is 13.2 Å². The van der Waals surface area contributed by atoms with Crippen LogP contribution >= 0.6 is 0 Å². The Bertz CT molecular complexity index is 947. The van der Waals surface area contributed by atoms with E-state index in [1.165, 1.54) is 41.2 Å². The summed E-state index contributed by atoms with van der Waals surface area (Å²) in [5.74, 6) is 0.667. The van der Waals surface area contributed by atoms with Gasteiger partial charge in [0.2, 0.25) is 0 Å². The molecule has 2 heterocycles. The zero-order chi connectivity index (χ0) is 19.3. The van der Waals surface area contributed by atoms with Gasteiger partial charge in [0, 0.05) is 11.8 Å². The Kier molecular flexibility index (Phi) is 4.31. The number of alkyl halides is 3. The molecule has 0 atom stereocenters. The lowest BCUT2D eigenvalue weighted by Gasteiger charge is -2.22. The molecular formula is C23H23F3N2. The van der Waals surface area contributed by atoms with E-state index in [4.69, 9.17) is 0 Å². The number of pyridine rings is 1. The van der Waals surface area contributed by atoms with Gasteiger partial charge in [0.05, 0.1) is 11.3 Å². The standard InChI is InChI=1S/C23H23F3N2/c24-23(25,26)19-12-18-4-3-17-11-16(14-1-2-14)5-6-20(17)21(22(18)28-13-19)15-7-9-27-10-8-15/h5-6,11-14,27H,1-4,7-10H2. The highest BCUT2D eigenvalue weighted by atomic mass is 19.4. The van der Waals surface area contributed by atoms with Crippen molar-refractivity contribution in [2.45, 2.75) is 50.6 Å². The minimum Gasteiger partial charge on any atom is -0.316 e. The highest BCUT2D eigenvalue weighted by molar-refractivity contribution is 5.84. The van der Waals surface area contributed by atoms with E-state index in [1.807, 2.05) is 0 Å². The molecule has 2 aliphatic carbocycles. The second-order valence-electron chi connectivity index (χ2n) is 8.15. The van der Waals surface area contributed by atoms with Gasteiger partial charge in [-0.25, -0.2) is 0 Å². The van der Waals surface area contributed by atoms with Gasteiger partial charge in [0.15, 0.2) is 0 Å². The maximum absolute atomic E-state index is 13.3. The quantitative estimate of drug-likeness (QED) is 0.725. The van der Waals surface area contributed by atoms with Crippen LogP contribution in [0.1, 0.15) is 65.1 Å². The molecule has 0 amide bonds. The van der Waals surface area contributed by atoms with E-state index < -0.39 is 11.7 Å². The predicted octanol–water partition coefficient (Wildman–Crippen LogP) is 5.26. The summed E-state index contributed by atoms with van der Waals surface area (Å²) >= 11 is 0. The average molecular weight is 384 g/mol. The number of nitrogens with zero attached hydrogens (tertiary/aromatic N) is 1. The minimum atomic E-state index is -4.36. The van der Waals surface area contributed by atoms with Crippen molar-refractivity contribution in [3.05, 3.63) is 69.5 Å². The van der Waals surface area contributed by atoms with Crippen LogP contribution in [0.5, 0.6) is 0 Å². The summed E-state index contributed by atoms with van der Waals surface area (Å²) in [6.07, 6.45) is 2.34. The van der Waals surface area contributed by atoms with Crippen molar-refractivity contribution >= 4 is 5.57 Å². The first kappa shape index (κ1) is 17.9. The number of hydrogen-bond acceptors (Lipinski definition) is 2. The van der Waals surface area contributed by atoms with Crippen LogP contribution in [-0.4, -0.2) is 18.1 Å². The van der Waals surface area contributed by atoms with Crippen LogP contribution in [0.3, 0.4) is 0 Å². The van der Waals surface area contributed by atoms with E-state index in [0.29, 0.717) is 12.3 Å². The summed E-state index contributed by atoms with van der Waals surface area (Å²) < 4.78 is 39.8. The van der Waals surface area contributed by atoms with Crippen molar-refractivity contribution in [3.63, 3.8) is 0 Å². The summed E-state index contributed by atoms with van der Waals surface area (Å²) in [5, 5.41) is 3.38. The molecule has 0 spiro atoms. The van der Waals surface area contributed by atoms with E-state index >= 15 is 0 Å². The molecule has 2 fully saturated rings. The van der Waals surface area contributed by atoms with Gasteiger partial charge in [-0.3, -0.25) is 4.98 Å². The van der Waals surface area contributed by atoms with Gasteiger partial charge >= 0.3 is 6.18 Å². The molecule has 1 saturated carbocycles. The number of fused-ring (bicyclic) bond motifs is 2. The molecule has 28 heavy (non-hydrogen) atoms. The largest absolute Gasteiger partial charge is 0.417 e. The van der Waals surface area contributed by atoms with Gasteiger partial charge in [0.1, 0.15) is 0 Å². The predicted molar refractivity (Wildman–Crippen MR) is 103 cm³/mol. The highest BCUT2D eigenvalue weighted by Gasteiger charge is 2.33. The second kappa shape index (κ2) is 6.73. The van der Waals surface area contributed by atoms with E-state index in [0.717, 1.165) is 55.4 Å². The van der Waals surface area contributed by atoms with Crippen LogP contribution in [0.4, 0.5) is 13.2 Å². The van der Waals surface area contributed by atoms with Crippen LogP contribution in [0.15, 0.2) is 36.0 Å². The maximum Gasteiger partial charge on any atom is 0.417 e. The van der Waals surface area contributed by atoms with Crippen molar-refractivity contribution in [2.24, 2.45) is 0 Å². The first-order valence-electron chi connectivity index (χ1n) is 10.1. The Morgan fingerprint density at radius 2 is 1.68 bits per heavy atom. The molecule has 3 aliphatic rings. The molecule has 0 bridgehead atoms. The van der Waals surface area contributed by atoms with E-state index in [2.05, 4.69) is 28.5 Å². The van der Waals surface area contributed by atoms with Gasteiger partial charge in [-0.05, 0) is 85.9 Å². The first-order chi connectivity index (χ1) is 13.5. The molecule has 0 unspecified atom stereocenters. The molecule has 0 radical (unpaired) electrons. The third kappa shape index (κ3) is 3.26. The molecule has 1 aromatic heterocycles. The second-order valence-corrected chi connectivity index (χ2v) is 8.15. The lowest BCUT2D eigenvalue weighted by Crippen LogP contribution is -2.24. The average Bonchev–Trinajstić information content (AvgIpc) is 3.53. The SMILES string of the molecule is FC(F)(F)c1cnc2c(c1)CCc1cc(C3CC3)ccc1C2=C1CCNCC1. The smallest absolute Gasteiger partial charge is 0.316 e. The van der Waals surface area contributed by atoms with E-state index in [9.17, 15) is 13.2 Å². The summed E-state index contributed by atoms with van der Waals surface area (Å²) in [6.45, 7) is 1.81.